The first kappa shape index (κ1) is 36.9. The molecule has 2 bridgehead atoms. The number of carbonyl (C=O) groups excluding carboxylic acids is 2. The number of nitrogens with zero attached hydrogens (tertiary/aromatic N) is 2. The molecule has 1 saturated carbocycles. The van der Waals surface area contributed by atoms with Crippen LogP contribution in [0.4, 0.5) is 5.69 Å². The Bertz CT molecular complexity index is 1870. The predicted molar refractivity (Wildman–Crippen MR) is 196 cm³/mol. The number of hydrogen-bond donors (Lipinski definition) is 2. The zero-order valence-corrected chi connectivity index (χ0v) is 30.7. The van der Waals surface area contributed by atoms with Crippen LogP contribution in [-0.2, 0) is 43.0 Å². The predicted octanol–water partition coefficient (Wildman–Crippen LogP) is 5.60. The lowest BCUT2D eigenvalue weighted by molar-refractivity contribution is -0.148. The van der Waals surface area contributed by atoms with Crippen molar-refractivity contribution >= 4 is 39.1 Å². The summed E-state index contributed by atoms with van der Waals surface area (Å²) in [5.41, 5.74) is 0.358. The Labute approximate surface area is 305 Å². The number of carbonyl (C=O) groups is 2. The highest BCUT2D eigenvalue weighted by Crippen LogP contribution is 2.43. The van der Waals surface area contributed by atoms with Crippen molar-refractivity contribution in [2.24, 2.45) is 11.8 Å². The molecule has 0 saturated heterocycles. The minimum Gasteiger partial charge on any atom is -0.487 e. The van der Waals surface area contributed by atoms with E-state index in [4.69, 9.17) is 21.1 Å². The first-order valence-electron chi connectivity index (χ1n) is 17.6. The number of sulfonamides is 1. The SMILES string of the molecule is CO[C@H]1/C=C/CCN(C)C(=O)C[C@](O)(C(=O)NS(=O)(=O)c2ccccc2)c2ccc3c(c2)N(CCCCc2cc(Cl)ccc2CO3)C[C@@H]2CC[C@H]21. The average molecular weight is 736 g/mol. The lowest BCUT2D eigenvalue weighted by atomic mass is 9.70. The molecule has 2 amide bonds. The van der Waals surface area contributed by atoms with E-state index < -0.39 is 33.9 Å². The van der Waals surface area contributed by atoms with Crippen LogP contribution in [0.15, 0.2) is 83.8 Å². The van der Waals surface area contributed by atoms with Gasteiger partial charge in [0.15, 0.2) is 5.60 Å². The third-order valence-electron chi connectivity index (χ3n) is 10.5. The van der Waals surface area contributed by atoms with E-state index in [1.54, 1.807) is 38.4 Å². The van der Waals surface area contributed by atoms with Gasteiger partial charge in [0, 0.05) is 38.8 Å². The second-order valence-electron chi connectivity index (χ2n) is 13.8. The van der Waals surface area contributed by atoms with E-state index >= 15 is 0 Å². The van der Waals surface area contributed by atoms with Crippen LogP contribution in [0.25, 0.3) is 0 Å². The number of ether oxygens (including phenoxy) is 2. The lowest BCUT2D eigenvalue weighted by Crippen LogP contribution is -2.49. The quantitative estimate of drug-likeness (QED) is 0.332. The summed E-state index contributed by atoms with van der Waals surface area (Å²) in [6, 6.07) is 18.2. The zero-order chi connectivity index (χ0) is 36.2. The van der Waals surface area contributed by atoms with Crippen LogP contribution in [0.3, 0.4) is 0 Å². The highest BCUT2D eigenvalue weighted by atomic mass is 35.5. The summed E-state index contributed by atoms with van der Waals surface area (Å²) in [4.78, 5) is 31.3. The van der Waals surface area contributed by atoms with Gasteiger partial charge in [0.2, 0.25) is 5.91 Å². The van der Waals surface area contributed by atoms with E-state index in [9.17, 15) is 23.1 Å². The minimum atomic E-state index is -4.37. The van der Waals surface area contributed by atoms with Crippen molar-refractivity contribution in [2.75, 3.05) is 38.7 Å². The molecule has 10 nitrogen and oxygen atoms in total. The Kier molecular flexibility index (Phi) is 11.4. The number of fused-ring (bicyclic) bond motifs is 3. The number of halogens is 1. The first-order valence-corrected chi connectivity index (χ1v) is 19.4. The third kappa shape index (κ3) is 8.27. The second kappa shape index (κ2) is 15.8. The van der Waals surface area contributed by atoms with E-state index in [0.717, 1.165) is 43.2 Å². The fourth-order valence-corrected chi connectivity index (χ4v) is 8.53. The van der Waals surface area contributed by atoms with Crippen molar-refractivity contribution in [3.63, 3.8) is 0 Å². The van der Waals surface area contributed by atoms with E-state index in [1.807, 2.05) is 24.3 Å². The molecule has 272 valence electrons. The fraction of sp³-hybridized carbons (Fsp3) is 0.436. The summed E-state index contributed by atoms with van der Waals surface area (Å²) in [7, 11) is -1.04. The fourth-order valence-electron chi connectivity index (χ4n) is 7.28. The van der Waals surface area contributed by atoms with Crippen molar-refractivity contribution < 1.29 is 32.6 Å². The topological polar surface area (TPSA) is 125 Å². The van der Waals surface area contributed by atoms with Crippen LogP contribution in [0, 0.1) is 11.8 Å². The summed E-state index contributed by atoms with van der Waals surface area (Å²) in [6.07, 6.45) is 8.52. The molecule has 0 unspecified atom stereocenters. The highest BCUT2D eigenvalue weighted by Gasteiger charge is 2.44. The van der Waals surface area contributed by atoms with Gasteiger partial charge in [0.1, 0.15) is 12.4 Å². The summed E-state index contributed by atoms with van der Waals surface area (Å²) in [5.74, 6) is -0.586. The van der Waals surface area contributed by atoms with E-state index in [0.29, 0.717) is 54.4 Å². The molecule has 2 heterocycles. The van der Waals surface area contributed by atoms with Crippen molar-refractivity contribution in [2.45, 2.75) is 68.2 Å². The maximum atomic E-state index is 14.1. The monoisotopic (exact) mass is 735 g/mol. The van der Waals surface area contributed by atoms with Crippen LogP contribution >= 0.6 is 11.6 Å². The maximum Gasteiger partial charge on any atom is 0.270 e. The Morgan fingerprint density at radius 1 is 1.04 bits per heavy atom. The van der Waals surface area contributed by atoms with E-state index in [2.05, 4.69) is 15.7 Å². The van der Waals surface area contributed by atoms with Gasteiger partial charge in [0.05, 0.1) is 23.1 Å². The van der Waals surface area contributed by atoms with Crippen LogP contribution in [0.2, 0.25) is 5.02 Å². The van der Waals surface area contributed by atoms with Crippen LogP contribution in [-0.4, -0.2) is 70.1 Å². The number of methoxy groups -OCH3 is 1. The van der Waals surface area contributed by atoms with Gasteiger partial charge in [-0.25, -0.2) is 13.1 Å². The smallest absolute Gasteiger partial charge is 0.270 e. The molecule has 3 aliphatic rings. The van der Waals surface area contributed by atoms with Gasteiger partial charge < -0.3 is 24.4 Å². The second-order valence-corrected chi connectivity index (χ2v) is 15.9. The van der Waals surface area contributed by atoms with Gasteiger partial charge in [-0.15, -0.1) is 0 Å². The Hall–Kier alpha value is -3.90. The molecule has 3 aromatic carbocycles. The van der Waals surface area contributed by atoms with Gasteiger partial charge in [-0.1, -0.05) is 54.1 Å². The summed E-state index contributed by atoms with van der Waals surface area (Å²) in [6.45, 7) is 1.96. The number of anilines is 1. The van der Waals surface area contributed by atoms with Gasteiger partial charge in [-0.05, 0) is 103 Å². The third-order valence-corrected chi connectivity index (χ3v) is 12.1. The van der Waals surface area contributed by atoms with Crippen molar-refractivity contribution in [3.8, 4) is 5.75 Å². The normalized spacial score (nSPS) is 25.3. The Balaban J connectivity index is 1.45. The number of amides is 2. The van der Waals surface area contributed by atoms with Crippen LogP contribution in [0.1, 0.15) is 55.2 Å². The average Bonchev–Trinajstić information content (AvgIpc) is 3.14. The molecule has 3 aromatic rings. The van der Waals surface area contributed by atoms with Gasteiger partial charge in [-0.3, -0.25) is 9.59 Å². The molecular formula is C39H46ClN3O7S. The molecule has 12 heteroatoms. The number of aryl methyl sites for hydroxylation is 1. The molecular weight excluding hydrogens is 690 g/mol. The summed E-state index contributed by atoms with van der Waals surface area (Å²) >= 11 is 6.37. The van der Waals surface area contributed by atoms with Crippen molar-refractivity contribution in [3.05, 3.63) is 101 Å². The summed E-state index contributed by atoms with van der Waals surface area (Å²) in [5, 5.41) is 13.0. The van der Waals surface area contributed by atoms with E-state index in [-0.39, 0.29) is 23.2 Å². The molecule has 6 rings (SSSR count). The molecule has 1 aliphatic carbocycles. The molecule has 0 aromatic heterocycles. The Morgan fingerprint density at radius 2 is 1.84 bits per heavy atom. The molecule has 4 atom stereocenters. The maximum absolute atomic E-state index is 14.1. The van der Waals surface area contributed by atoms with E-state index in [1.165, 1.54) is 29.2 Å². The molecule has 51 heavy (non-hydrogen) atoms. The summed E-state index contributed by atoms with van der Waals surface area (Å²) < 4.78 is 41.2. The zero-order valence-electron chi connectivity index (χ0n) is 29.1. The minimum absolute atomic E-state index is 0.0664. The van der Waals surface area contributed by atoms with Gasteiger partial charge in [0.25, 0.3) is 15.9 Å². The van der Waals surface area contributed by atoms with Crippen LogP contribution < -0.4 is 14.4 Å². The van der Waals surface area contributed by atoms with Gasteiger partial charge >= 0.3 is 0 Å². The molecule has 0 spiro atoms. The number of aliphatic hydroxyl groups is 1. The van der Waals surface area contributed by atoms with Crippen molar-refractivity contribution in [1.29, 1.82) is 0 Å². The molecule has 2 aliphatic heterocycles. The largest absolute Gasteiger partial charge is 0.487 e. The standard InChI is InChI=1S/C39H46ClN3O7S/c1-42-20-8-7-13-35(49-2)33-18-15-28(33)25-43-21-9-6-10-27-22-31(40)17-14-29(27)26-50-36-19-16-30(23-34(36)43)39(46,24-37(42)44)38(45)41-51(47,48)32-11-4-3-5-12-32/h3-5,7,11-14,16-17,19,22-23,28,33,35,46H,6,8-10,15,18,20-21,24-26H2,1-2H3,(H,41,45)/b13-7+/t28-,33+,35-,39+/m0/s1. The van der Waals surface area contributed by atoms with Crippen LogP contribution in [0.5, 0.6) is 5.75 Å². The number of nitrogens with one attached hydrogen (secondary N) is 1. The number of hydrogen-bond acceptors (Lipinski definition) is 8. The van der Waals surface area contributed by atoms with Gasteiger partial charge in [-0.2, -0.15) is 0 Å². The lowest BCUT2D eigenvalue weighted by Gasteiger charge is -2.43. The number of rotatable bonds is 4. The highest BCUT2D eigenvalue weighted by molar-refractivity contribution is 7.90. The van der Waals surface area contributed by atoms with Crippen molar-refractivity contribution in [1.82, 2.24) is 9.62 Å². The first-order chi connectivity index (χ1) is 24.5. The number of benzene rings is 3. The molecule has 2 N–H and O–H groups in total. The molecule has 1 fully saturated rings. The Morgan fingerprint density at radius 3 is 2.59 bits per heavy atom. The molecule has 0 radical (unpaired) electrons.